The van der Waals surface area contributed by atoms with Crippen LogP contribution in [0.1, 0.15) is 61.8 Å². The molecule has 12 aromatic carbocycles. The second-order valence-corrected chi connectivity index (χ2v) is 20.4. The summed E-state index contributed by atoms with van der Waals surface area (Å²) in [6, 6.07) is 89.8. The molecule has 0 aliphatic carbocycles. The molecule has 74 heavy (non-hydrogen) atoms. The molecule has 0 bridgehead atoms. The van der Waals surface area contributed by atoms with Crippen LogP contribution in [0.5, 0.6) is 0 Å². The maximum Gasteiger partial charge on any atom is 0.0543 e. The van der Waals surface area contributed by atoms with Gasteiger partial charge in [-0.2, -0.15) is 0 Å². The third kappa shape index (κ3) is 7.99. The van der Waals surface area contributed by atoms with Gasteiger partial charge in [-0.15, -0.1) is 0 Å². The van der Waals surface area contributed by atoms with Crippen molar-refractivity contribution in [2.24, 2.45) is 0 Å². The molecule has 0 radical (unpaired) electrons. The van der Waals surface area contributed by atoms with Crippen LogP contribution in [0.25, 0.3) is 76.8 Å². The van der Waals surface area contributed by atoms with Crippen LogP contribution in [0.4, 0.5) is 34.1 Å². The minimum atomic E-state index is 0.239. The zero-order valence-electron chi connectivity index (χ0n) is 43.1. The molecule has 0 N–H and O–H groups in total. The number of para-hydroxylation sites is 2. The van der Waals surface area contributed by atoms with E-state index in [1.54, 1.807) is 0 Å². The highest BCUT2D eigenvalue weighted by atomic mass is 15.2. The lowest BCUT2D eigenvalue weighted by molar-refractivity contribution is 0.875. The topological polar surface area (TPSA) is 6.48 Å². The fourth-order valence-electron chi connectivity index (χ4n) is 11.8. The van der Waals surface area contributed by atoms with Crippen LogP contribution >= 0.6 is 0 Å². The fourth-order valence-corrected chi connectivity index (χ4v) is 11.8. The molecule has 12 aromatic rings. The van der Waals surface area contributed by atoms with Crippen molar-refractivity contribution >= 4 is 66.4 Å². The van der Waals surface area contributed by atoms with Crippen molar-refractivity contribution in [3.05, 3.63) is 265 Å². The number of hydrogen-bond acceptors (Lipinski definition) is 2. The molecule has 0 spiro atoms. The van der Waals surface area contributed by atoms with Crippen LogP contribution in [-0.2, 0) is 0 Å². The number of anilines is 6. The zero-order valence-corrected chi connectivity index (χ0v) is 43.1. The quantitative estimate of drug-likeness (QED) is 0.113. The zero-order chi connectivity index (χ0) is 50.5. The summed E-state index contributed by atoms with van der Waals surface area (Å²) in [5.74, 6) is 0.478. The smallest absolute Gasteiger partial charge is 0.0543 e. The first-order valence-corrected chi connectivity index (χ1v) is 26.2. The van der Waals surface area contributed by atoms with E-state index in [4.69, 9.17) is 0 Å². The van der Waals surface area contributed by atoms with E-state index in [1.165, 1.54) is 110 Å². The molecule has 2 heteroatoms. The first-order chi connectivity index (χ1) is 36.3. The molecular formula is C72H60N2. The van der Waals surface area contributed by atoms with E-state index in [0.29, 0.717) is 0 Å². The Balaban J connectivity index is 1.21. The van der Waals surface area contributed by atoms with Gasteiger partial charge < -0.3 is 9.80 Å². The van der Waals surface area contributed by atoms with Crippen LogP contribution < -0.4 is 9.80 Å². The average Bonchev–Trinajstić information content (AvgIpc) is 3.46. The van der Waals surface area contributed by atoms with E-state index >= 15 is 0 Å². The van der Waals surface area contributed by atoms with E-state index in [2.05, 4.69) is 294 Å². The van der Waals surface area contributed by atoms with E-state index in [0.717, 1.165) is 22.7 Å². The van der Waals surface area contributed by atoms with Gasteiger partial charge in [-0.3, -0.25) is 0 Å². The van der Waals surface area contributed by atoms with Gasteiger partial charge in [0.05, 0.1) is 22.7 Å². The van der Waals surface area contributed by atoms with E-state index in [1.807, 2.05) is 0 Å². The van der Waals surface area contributed by atoms with E-state index in [-0.39, 0.29) is 11.8 Å². The third-order valence-corrected chi connectivity index (χ3v) is 15.4. The highest BCUT2D eigenvalue weighted by Crippen LogP contribution is 2.54. The van der Waals surface area contributed by atoms with Crippen molar-refractivity contribution in [2.75, 3.05) is 9.80 Å². The average molecular weight is 953 g/mol. The van der Waals surface area contributed by atoms with Gasteiger partial charge in [0.1, 0.15) is 0 Å². The molecule has 0 aromatic heterocycles. The van der Waals surface area contributed by atoms with Crippen molar-refractivity contribution in [3.63, 3.8) is 0 Å². The third-order valence-electron chi connectivity index (χ3n) is 15.4. The number of nitrogens with zero attached hydrogens (tertiary/aromatic N) is 2. The Morgan fingerprint density at radius 2 is 0.541 bits per heavy atom. The minimum absolute atomic E-state index is 0.239. The molecule has 0 saturated heterocycles. The van der Waals surface area contributed by atoms with Crippen molar-refractivity contribution in [3.8, 4) is 44.5 Å². The summed E-state index contributed by atoms with van der Waals surface area (Å²) in [5.41, 5.74) is 21.6. The van der Waals surface area contributed by atoms with E-state index in [9.17, 15) is 0 Å². The summed E-state index contributed by atoms with van der Waals surface area (Å²) >= 11 is 0. The van der Waals surface area contributed by atoms with Crippen LogP contribution in [0.2, 0.25) is 0 Å². The molecule has 2 nitrogen and oxygen atoms in total. The van der Waals surface area contributed by atoms with Gasteiger partial charge in [-0.25, -0.2) is 0 Å². The molecule has 0 saturated carbocycles. The molecule has 0 aliphatic rings. The molecular weight excluding hydrogens is 893 g/mol. The van der Waals surface area contributed by atoms with Gasteiger partial charge in [0, 0.05) is 33.3 Å². The van der Waals surface area contributed by atoms with Crippen LogP contribution in [-0.4, -0.2) is 0 Å². The lowest BCUT2D eigenvalue weighted by Gasteiger charge is -2.34. The van der Waals surface area contributed by atoms with E-state index < -0.39 is 0 Å². The first kappa shape index (κ1) is 46.4. The van der Waals surface area contributed by atoms with Gasteiger partial charge in [0.15, 0.2) is 0 Å². The van der Waals surface area contributed by atoms with Crippen molar-refractivity contribution < 1.29 is 0 Å². The summed E-state index contributed by atoms with van der Waals surface area (Å²) in [6.07, 6.45) is 0. The van der Waals surface area contributed by atoms with Crippen molar-refractivity contribution in [1.82, 2.24) is 0 Å². The van der Waals surface area contributed by atoms with Crippen molar-refractivity contribution in [2.45, 2.75) is 53.4 Å². The largest absolute Gasteiger partial charge is 0.309 e. The van der Waals surface area contributed by atoms with Gasteiger partial charge in [0.2, 0.25) is 0 Å². The Morgan fingerprint density at radius 3 is 0.892 bits per heavy atom. The Morgan fingerprint density at radius 1 is 0.257 bits per heavy atom. The molecule has 358 valence electrons. The first-order valence-electron chi connectivity index (χ1n) is 26.2. The lowest BCUT2D eigenvalue weighted by Crippen LogP contribution is -2.15. The summed E-state index contributed by atoms with van der Waals surface area (Å²) < 4.78 is 0. The summed E-state index contributed by atoms with van der Waals surface area (Å²) in [6.45, 7) is 14.0. The highest BCUT2D eigenvalue weighted by Gasteiger charge is 2.29. The monoisotopic (exact) mass is 952 g/mol. The number of rotatable bonds is 12. The van der Waals surface area contributed by atoms with Gasteiger partial charge in [-0.05, 0) is 139 Å². The molecule has 0 unspecified atom stereocenters. The molecule has 0 aliphatic heterocycles. The standard InChI is InChI=1S/C72H60N2/c1-47(2)63-45-69(73(67-37-21-19-33-57(67)53-29-15-9-16-30-53)65-39-23-35-55(49(65)5)51-25-11-7-12-26-51)61-44-42-60-64(48(3)4)46-70(62-43-41-59(63)71(61)72(60)62)74(68-38-22-20-34-58(68)54-31-17-10-18-32-54)66-40-24-36-56(50(66)6)52-27-13-8-14-28-52/h7-48H,1-6H3. The summed E-state index contributed by atoms with van der Waals surface area (Å²) in [4.78, 5) is 5.15. The molecule has 0 fully saturated rings. The van der Waals surface area contributed by atoms with Crippen LogP contribution in [0.3, 0.4) is 0 Å². The Bertz CT molecular complexity index is 3710. The summed E-state index contributed by atoms with van der Waals surface area (Å²) in [5, 5.41) is 7.65. The second-order valence-electron chi connectivity index (χ2n) is 20.4. The Kier molecular flexibility index (Phi) is 12.1. The van der Waals surface area contributed by atoms with Crippen LogP contribution in [0.15, 0.2) is 243 Å². The van der Waals surface area contributed by atoms with Crippen LogP contribution in [0, 0.1) is 13.8 Å². The molecule has 12 rings (SSSR count). The van der Waals surface area contributed by atoms with Crippen molar-refractivity contribution in [1.29, 1.82) is 0 Å². The maximum absolute atomic E-state index is 2.58. The SMILES string of the molecule is Cc1c(-c2ccccc2)cccc1N(c1ccccc1-c1ccccc1)c1cc(C(C)C)c2ccc3c(N(c4ccccc4-c4ccccc4)c4cccc(-c5ccccc5)c4C)cc(C(C)C)c4ccc1c2c43. The van der Waals surface area contributed by atoms with Gasteiger partial charge in [-0.1, -0.05) is 234 Å². The minimum Gasteiger partial charge on any atom is -0.309 e. The lowest BCUT2D eigenvalue weighted by atomic mass is 9.83. The summed E-state index contributed by atoms with van der Waals surface area (Å²) in [7, 11) is 0. The predicted molar refractivity (Wildman–Crippen MR) is 319 cm³/mol. The predicted octanol–water partition coefficient (Wildman–Crippen LogP) is 21.1. The van der Waals surface area contributed by atoms with Gasteiger partial charge >= 0.3 is 0 Å². The highest BCUT2D eigenvalue weighted by molar-refractivity contribution is 6.29. The fraction of sp³-hybridized carbons (Fsp3) is 0.111. The molecule has 0 atom stereocenters. The number of benzene rings is 12. The normalized spacial score (nSPS) is 11.6. The second kappa shape index (κ2) is 19.4. The van der Waals surface area contributed by atoms with Gasteiger partial charge in [0.25, 0.3) is 0 Å². The Hall–Kier alpha value is -8.72. The number of hydrogen-bond donors (Lipinski definition) is 0. The Labute approximate surface area is 436 Å². The molecule has 0 amide bonds. The maximum atomic E-state index is 2.58. The molecule has 0 heterocycles.